The zero-order valence-electron chi connectivity index (χ0n) is 45.7. The van der Waals surface area contributed by atoms with Crippen molar-refractivity contribution in [3.8, 4) is 11.4 Å². The SMILES string of the molecule is c1ccc([Si](c2ccccc2)(c2ccccc2)c2ccc(-n3c4ccccc4c4cc(-n5c6ccccc6c6ccc([Si]7(c8ccccc8)c8ccccc8[Si](c8ccccc8)(c8ccccc8)c8ccccc87)cc65)ccc43)cc2)cc1. The third kappa shape index (κ3) is 7.19. The number of hydrogen-bond acceptors (Lipinski definition) is 0. The van der Waals surface area contributed by atoms with Crippen LogP contribution >= 0.6 is 0 Å². The van der Waals surface area contributed by atoms with Gasteiger partial charge in [-0.15, -0.1) is 0 Å². The van der Waals surface area contributed by atoms with Crippen LogP contribution in [0.3, 0.4) is 0 Å². The summed E-state index contributed by atoms with van der Waals surface area (Å²) < 4.78 is 5.02. The van der Waals surface area contributed by atoms with Crippen LogP contribution in [0, 0.1) is 0 Å². The molecule has 0 fully saturated rings. The Labute approximate surface area is 487 Å². The van der Waals surface area contributed by atoms with Crippen molar-refractivity contribution in [2.75, 3.05) is 0 Å². The lowest BCUT2D eigenvalue weighted by molar-refractivity contribution is 1.17. The van der Waals surface area contributed by atoms with E-state index in [4.69, 9.17) is 0 Å². The predicted molar refractivity (Wildman–Crippen MR) is 360 cm³/mol. The van der Waals surface area contributed by atoms with Gasteiger partial charge in [0.15, 0.2) is 24.2 Å². The third-order valence-corrected chi connectivity index (χ3v) is 33.3. The quantitative estimate of drug-likeness (QED) is 0.0954. The van der Waals surface area contributed by atoms with Crippen molar-refractivity contribution < 1.29 is 0 Å². The van der Waals surface area contributed by atoms with E-state index in [1.54, 1.807) is 0 Å². The van der Waals surface area contributed by atoms with E-state index in [1.165, 1.54) is 106 Å². The Morgan fingerprint density at radius 2 is 0.530 bits per heavy atom. The fourth-order valence-corrected chi connectivity index (χ4v) is 31.8. The van der Waals surface area contributed by atoms with Gasteiger partial charge >= 0.3 is 0 Å². The minimum atomic E-state index is -3.09. The van der Waals surface area contributed by atoms with Crippen LogP contribution in [0.1, 0.15) is 0 Å². The highest BCUT2D eigenvalue weighted by Gasteiger charge is 2.56. The van der Waals surface area contributed by atoms with Gasteiger partial charge in [0.2, 0.25) is 0 Å². The molecule has 16 rings (SSSR count). The average Bonchev–Trinajstić information content (AvgIpc) is 1.63. The van der Waals surface area contributed by atoms with Gasteiger partial charge in [0.05, 0.1) is 22.1 Å². The molecule has 390 valence electrons. The second-order valence-electron chi connectivity index (χ2n) is 22.2. The van der Waals surface area contributed by atoms with Crippen molar-refractivity contribution in [2.45, 2.75) is 0 Å². The minimum Gasteiger partial charge on any atom is -0.309 e. The van der Waals surface area contributed by atoms with Crippen LogP contribution in [0.4, 0.5) is 0 Å². The predicted octanol–water partition coefficient (Wildman–Crippen LogP) is 10.3. The van der Waals surface area contributed by atoms with Gasteiger partial charge in [-0.25, -0.2) is 0 Å². The molecule has 13 aromatic carbocycles. The highest BCUT2D eigenvalue weighted by atomic mass is 28.3. The summed E-state index contributed by atoms with van der Waals surface area (Å²) in [6.45, 7) is 0. The average molecular weight is 1110 g/mol. The normalized spacial score (nSPS) is 13.5. The second kappa shape index (κ2) is 19.7. The molecule has 0 radical (unpaired) electrons. The topological polar surface area (TPSA) is 9.86 Å². The van der Waals surface area contributed by atoms with Crippen molar-refractivity contribution in [1.82, 2.24) is 9.13 Å². The molecule has 0 saturated carbocycles. The van der Waals surface area contributed by atoms with E-state index in [0.717, 1.165) is 11.4 Å². The van der Waals surface area contributed by atoms with E-state index in [2.05, 4.69) is 349 Å². The molecule has 0 aliphatic carbocycles. The van der Waals surface area contributed by atoms with Crippen molar-refractivity contribution in [3.05, 3.63) is 340 Å². The summed E-state index contributed by atoms with van der Waals surface area (Å²) in [7, 11) is -8.67. The summed E-state index contributed by atoms with van der Waals surface area (Å²) in [4.78, 5) is 0. The fraction of sp³-hybridized carbons (Fsp3) is 0. The molecule has 83 heavy (non-hydrogen) atoms. The summed E-state index contributed by atoms with van der Waals surface area (Å²) in [5, 5.41) is 21.9. The van der Waals surface area contributed by atoms with Gasteiger partial charge in [-0.2, -0.15) is 0 Å². The first-order chi connectivity index (χ1) is 41.2. The summed E-state index contributed by atoms with van der Waals surface area (Å²) in [6.07, 6.45) is 0. The lowest BCUT2D eigenvalue weighted by Gasteiger charge is -2.48. The maximum atomic E-state index is 2.60. The summed E-state index contributed by atoms with van der Waals surface area (Å²) in [5.41, 5.74) is 7.05. The largest absolute Gasteiger partial charge is 0.309 e. The summed E-state index contributed by atoms with van der Waals surface area (Å²) in [5.74, 6) is 0. The molecular weight excluding hydrogens is 1050 g/mol. The van der Waals surface area contributed by atoms with Crippen molar-refractivity contribution >= 4 is 130 Å². The molecule has 3 heterocycles. The second-order valence-corrected chi connectivity index (χ2v) is 33.5. The molecule has 2 aromatic heterocycles. The number of rotatable bonds is 10. The lowest BCUT2D eigenvalue weighted by Crippen LogP contribution is -2.93. The van der Waals surface area contributed by atoms with E-state index in [1.807, 2.05) is 0 Å². The van der Waals surface area contributed by atoms with E-state index in [-0.39, 0.29) is 0 Å². The lowest BCUT2D eigenvalue weighted by atomic mass is 10.1. The maximum Gasteiger partial charge on any atom is 0.179 e. The molecule has 0 spiro atoms. The standard InChI is InChI=1S/C78H56N2Si3/c1-7-27-59(28-8-1)81(60-29-9-2-10-30-60,61-31-11-3-12-32-61)65-50-47-57(48-51-65)79-72-42-22-20-40-68(72)70-55-58(49-54-73(70)79)80-71-41-21-19-39-67(71)69-53-52-66(56-74(69)80)83(64-37-17-6-18-38-64)77-45-25-23-43-75(77)82(62-33-13-4-14-34-62,63-35-15-5-16-36-63)76-44-24-26-46-78(76)83/h1-56H. The number of nitrogens with zero attached hydrogens (tertiary/aromatic N) is 2. The molecule has 0 unspecified atom stereocenters. The maximum absolute atomic E-state index is 3.09. The van der Waals surface area contributed by atoms with Crippen LogP contribution in [0.15, 0.2) is 340 Å². The molecule has 0 atom stereocenters. The fourth-order valence-electron chi connectivity index (χ4n) is 15.0. The number of hydrogen-bond donors (Lipinski definition) is 0. The van der Waals surface area contributed by atoms with E-state index < -0.39 is 24.2 Å². The summed E-state index contributed by atoms with van der Waals surface area (Å²) in [6, 6.07) is 129. The zero-order chi connectivity index (χ0) is 55.0. The highest BCUT2D eigenvalue weighted by molar-refractivity contribution is 7.33. The van der Waals surface area contributed by atoms with Crippen LogP contribution in [-0.4, -0.2) is 33.4 Å². The molecule has 2 nitrogen and oxygen atoms in total. The van der Waals surface area contributed by atoms with Gasteiger partial charge in [0.25, 0.3) is 0 Å². The smallest absolute Gasteiger partial charge is 0.179 e. The first kappa shape index (κ1) is 49.0. The monoisotopic (exact) mass is 1100 g/mol. The highest BCUT2D eigenvalue weighted by Crippen LogP contribution is 2.37. The molecular formula is C78H56N2Si3. The Hall–Kier alpha value is -9.89. The Balaban J connectivity index is 0.907. The number of fused-ring (bicyclic) bond motifs is 8. The Morgan fingerprint density at radius 3 is 0.988 bits per heavy atom. The van der Waals surface area contributed by atoms with Gasteiger partial charge in [-0.3, -0.25) is 0 Å². The van der Waals surface area contributed by atoms with Crippen LogP contribution in [-0.2, 0) is 0 Å². The van der Waals surface area contributed by atoms with Gasteiger partial charge in [0, 0.05) is 32.9 Å². The molecule has 0 N–H and O–H groups in total. The van der Waals surface area contributed by atoms with Gasteiger partial charge in [-0.1, -0.05) is 291 Å². The molecule has 15 aromatic rings. The number of benzene rings is 13. The summed E-state index contributed by atoms with van der Waals surface area (Å²) >= 11 is 0. The van der Waals surface area contributed by atoms with Crippen molar-refractivity contribution in [1.29, 1.82) is 0 Å². The van der Waals surface area contributed by atoms with Crippen molar-refractivity contribution in [2.24, 2.45) is 0 Å². The molecule has 1 aliphatic heterocycles. The zero-order valence-corrected chi connectivity index (χ0v) is 48.7. The Morgan fingerprint density at radius 1 is 0.205 bits per heavy atom. The molecule has 1 aliphatic rings. The van der Waals surface area contributed by atoms with Crippen LogP contribution in [0.25, 0.3) is 55.0 Å². The van der Waals surface area contributed by atoms with E-state index in [0.29, 0.717) is 0 Å². The minimum absolute atomic E-state index is 1.14. The van der Waals surface area contributed by atoms with Crippen LogP contribution in [0.5, 0.6) is 0 Å². The Bertz CT molecular complexity index is 4700. The first-order valence-electron chi connectivity index (χ1n) is 28.9. The van der Waals surface area contributed by atoms with E-state index >= 15 is 0 Å². The third-order valence-electron chi connectivity index (χ3n) is 18.3. The van der Waals surface area contributed by atoms with Crippen LogP contribution < -0.4 is 62.2 Å². The molecule has 0 saturated heterocycles. The number of para-hydroxylation sites is 2. The van der Waals surface area contributed by atoms with Gasteiger partial charge in [-0.05, 0) is 111 Å². The van der Waals surface area contributed by atoms with E-state index in [9.17, 15) is 0 Å². The molecule has 0 bridgehead atoms. The Kier molecular flexibility index (Phi) is 11.6. The first-order valence-corrected chi connectivity index (χ1v) is 34.9. The molecule has 0 amide bonds. The number of aromatic nitrogens is 2. The molecule has 5 heteroatoms. The van der Waals surface area contributed by atoms with Crippen molar-refractivity contribution in [3.63, 3.8) is 0 Å². The van der Waals surface area contributed by atoms with Crippen LogP contribution in [0.2, 0.25) is 0 Å². The van der Waals surface area contributed by atoms with Gasteiger partial charge in [0.1, 0.15) is 0 Å². The van der Waals surface area contributed by atoms with Gasteiger partial charge < -0.3 is 9.13 Å².